The Morgan fingerprint density at radius 2 is 2.07 bits per heavy atom. The Kier molecular flexibility index (Phi) is 4.23. The maximum Gasteiger partial charge on any atom is 0.272 e. The van der Waals surface area contributed by atoms with Crippen molar-refractivity contribution in [2.24, 2.45) is 0 Å². The molecule has 3 aromatic heterocycles. The lowest BCUT2D eigenvalue weighted by Gasteiger charge is -2.18. The van der Waals surface area contributed by atoms with Crippen LogP contribution in [0.1, 0.15) is 16.9 Å². The van der Waals surface area contributed by atoms with Crippen LogP contribution in [0.5, 0.6) is 0 Å². The van der Waals surface area contributed by atoms with E-state index in [-0.39, 0.29) is 17.8 Å². The summed E-state index contributed by atoms with van der Waals surface area (Å²) in [6.07, 6.45) is 8.18. The molecule has 0 radical (unpaired) electrons. The van der Waals surface area contributed by atoms with Gasteiger partial charge in [-0.1, -0.05) is 6.07 Å². The van der Waals surface area contributed by atoms with Crippen molar-refractivity contribution in [3.05, 3.63) is 78.8 Å². The Hall–Kier alpha value is -3.68. The summed E-state index contributed by atoms with van der Waals surface area (Å²) in [5.41, 5.74) is 1.93. The number of fused-ring (bicyclic) bond motifs is 1. The number of carbonyl (C=O) groups is 1. The SMILES string of the molecule is O=C(N[C@H]1CCN(c2nccn3cccc23)C1)c1ccn(-c2cccc(F)c2)n1. The van der Waals surface area contributed by atoms with Gasteiger partial charge in [0.1, 0.15) is 5.82 Å². The van der Waals surface area contributed by atoms with Gasteiger partial charge in [-0.2, -0.15) is 5.10 Å². The quantitative estimate of drug-likeness (QED) is 0.582. The van der Waals surface area contributed by atoms with Crippen molar-refractivity contribution in [1.82, 2.24) is 24.5 Å². The van der Waals surface area contributed by atoms with Gasteiger partial charge in [0.15, 0.2) is 11.5 Å². The van der Waals surface area contributed by atoms with Gasteiger partial charge in [0, 0.05) is 43.9 Å². The van der Waals surface area contributed by atoms with Crippen LogP contribution in [0.25, 0.3) is 11.2 Å². The maximum atomic E-state index is 13.4. The number of benzene rings is 1. The topological polar surface area (TPSA) is 67.5 Å². The molecule has 0 aliphatic carbocycles. The molecule has 0 unspecified atom stereocenters. The zero-order chi connectivity index (χ0) is 19.8. The number of halogens is 1. The average molecular weight is 390 g/mol. The molecule has 1 saturated heterocycles. The first-order valence-electron chi connectivity index (χ1n) is 9.46. The maximum absolute atomic E-state index is 13.4. The second-order valence-corrected chi connectivity index (χ2v) is 7.08. The Labute approximate surface area is 166 Å². The van der Waals surface area contributed by atoms with Crippen molar-refractivity contribution in [3.8, 4) is 5.69 Å². The third-order valence-electron chi connectivity index (χ3n) is 5.15. The zero-order valence-corrected chi connectivity index (χ0v) is 15.6. The summed E-state index contributed by atoms with van der Waals surface area (Å²) in [5.74, 6) is 0.340. The fourth-order valence-corrected chi connectivity index (χ4v) is 3.74. The number of anilines is 1. The lowest BCUT2D eigenvalue weighted by atomic mass is 10.2. The minimum absolute atomic E-state index is 0.0128. The number of rotatable bonds is 4. The van der Waals surface area contributed by atoms with Gasteiger partial charge in [0.25, 0.3) is 5.91 Å². The largest absolute Gasteiger partial charge is 0.353 e. The number of aromatic nitrogens is 4. The average Bonchev–Trinajstić information content (AvgIpc) is 3.47. The van der Waals surface area contributed by atoms with Crippen molar-refractivity contribution in [2.45, 2.75) is 12.5 Å². The normalized spacial score (nSPS) is 16.4. The monoisotopic (exact) mass is 390 g/mol. The van der Waals surface area contributed by atoms with Crippen LogP contribution >= 0.6 is 0 Å². The van der Waals surface area contributed by atoms with Crippen LogP contribution in [0.4, 0.5) is 10.2 Å². The van der Waals surface area contributed by atoms with Crippen molar-refractivity contribution < 1.29 is 9.18 Å². The third-order valence-corrected chi connectivity index (χ3v) is 5.15. The van der Waals surface area contributed by atoms with E-state index in [0.717, 1.165) is 24.3 Å². The van der Waals surface area contributed by atoms with E-state index in [1.807, 2.05) is 28.9 Å². The van der Waals surface area contributed by atoms with Crippen LogP contribution in [0.3, 0.4) is 0 Å². The number of nitrogens with one attached hydrogen (secondary N) is 1. The van der Waals surface area contributed by atoms with Crippen LogP contribution < -0.4 is 10.2 Å². The van der Waals surface area contributed by atoms with Gasteiger partial charge in [-0.05, 0) is 42.8 Å². The Balaban J connectivity index is 1.27. The van der Waals surface area contributed by atoms with Crippen LogP contribution in [-0.4, -0.2) is 44.2 Å². The minimum atomic E-state index is -0.346. The highest BCUT2D eigenvalue weighted by Crippen LogP contribution is 2.23. The van der Waals surface area contributed by atoms with E-state index >= 15 is 0 Å². The summed E-state index contributed by atoms with van der Waals surface area (Å²) < 4.78 is 16.9. The number of amides is 1. The van der Waals surface area contributed by atoms with E-state index in [4.69, 9.17) is 0 Å². The molecule has 1 amide bonds. The third kappa shape index (κ3) is 3.33. The fraction of sp³-hybridized carbons (Fsp3) is 0.190. The van der Waals surface area contributed by atoms with Crippen LogP contribution in [0.15, 0.2) is 67.3 Å². The van der Waals surface area contributed by atoms with Crippen molar-refractivity contribution in [1.29, 1.82) is 0 Å². The van der Waals surface area contributed by atoms with Gasteiger partial charge in [0.2, 0.25) is 0 Å². The number of hydrogen-bond donors (Lipinski definition) is 1. The zero-order valence-electron chi connectivity index (χ0n) is 15.6. The second kappa shape index (κ2) is 7.05. The summed E-state index contributed by atoms with van der Waals surface area (Å²) in [4.78, 5) is 19.3. The van der Waals surface area contributed by atoms with Gasteiger partial charge < -0.3 is 14.6 Å². The molecule has 146 valence electrons. The molecule has 0 saturated carbocycles. The molecule has 1 atom stereocenters. The highest BCUT2D eigenvalue weighted by molar-refractivity contribution is 5.92. The van der Waals surface area contributed by atoms with Gasteiger partial charge in [-0.25, -0.2) is 14.1 Å². The molecule has 7 nitrogen and oxygen atoms in total. The fourth-order valence-electron chi connectivity index (χ4n) is 3.74. The molecule has 1 aliphatic rings. The first kappa shape index (κ1) is 17.4. The molecular formula is C21H19FN6O. The number of nitrogens with zero attached hydrogens (tertiary/aromatic N) is 5. The molecule has 4 heterocycles. The van der Waals surface area contributed by atoms with Crippen LogP contribution in [-0.2, 0) is 0 Å². The van der Waals surface area contributed by atoms with Crippen molar-refractivity contribution in [2.75, 3.05) is 18.0 Å². The highest BCUT2D eigenvalue weighted by Gasteiger charge is 2.27. The Bertz CT molecular complexity index is 1180. The summed E-state index contributed by atoms with van der Waals surface area (Å²) in [6, 6.07) is 11.8. The lowest BCUT2D eigenvalue weighted by Crippen LogP contribution is -2.37. The summed E-state index contributed by atoms with van der Waals surface area (Å²) in [6.45, 7) is 1.51. The van der Waals surface area contributed by atoms with E-state index in [2.05, 4.69) is 20.3 Å². The van der Waals surface area contributed by atoms with Crippen LogP contribution in [0, 0.1) is 5.82 Å². The van der Waals surface area contributed by atoms with E-state index in [0.29, 0.717) is 17.9 Å². The number of hydrogen-bond acceptors (Lipinski definition) is 4. The van der Waals surface area contributed by atoms with E-state index < -0.39 is 0 Å². The molecule has 0 bridgehead atoms. The Morgan fingerprint density at radius 1 is 1.14 bits per heavy atom. The first-order valence-corrected chi connectivity index (χ1v) is 9.46. The van der Waals surface area contributed by atoms with E-state index in [1.165, 1.54) is 16.8 Å². The molecule has 0 spiro atoms. The Morgan fingerprint density at radius 3 is 2.97 bits per heavy atom. The molecular weight excluding hydrogens is 371 g/mol. The van der Waals surface area contributed by atoms with E-state index in [1.54, 1.807) is 30.6 Å². The minimum Gasteiger partial charge on any atom is -0.353 e. The van der Waals surface area contributed by atoms with Gasteiger partial charge in [0.05, 0.1) is 11.2 Å². The van der Waals surface area contributed by atoms with Crippen LogP contribution in [0.2, 0.25) is 0 Å². The predicted octanol–water partition coefficient (Wildman–Crippen LogP) is 2.67. The lowest BCUT2D eigenvalue weighted by molar-refractivity contribution is 0.0935. The molecule has 29 heavy (non-hydrogen) atoms. The van der Waals surface area contributed by atoms with E-state index in [9.17, 15) is 9.18 Å². The first-order chi connectivity index (χ1) is 14.2. The van der Waals surface area contributed by atoms with Gasteiger partial charge in [-0.3, -0.25) is 4.79 Å². The molecule has 5 rings (SSSR count). The molecule has 1 aliphatic heterocycles. The highest BCUT2D eigenvalue weighted by atomic mass is 19.1. The van der Waals surface area contributed by atoms with Crippen molar-refractivity contribution >= 4 is 17.2 Å². The molecule has 1 N–H and O–H groups in total. The second-order valence-electron chi connectivity index (χ2n) is 7.08. The molecule has 4 aromatic rings. The standard InChI is InChI=1S/C21H19FN6O/c22-15-3-1-4-17(13-15)28-11-7-18(25-28)21(29)24-16-6-10-27(14-16)20-19-5-2-9-26(19)12-8-23-20/h1-5,7-9,11-13,16H,6,10,14H2,(H,24,29)/t16-/m0/s1. The molecule has 1 aromatic carbocycles. The van der Waals surface area contributed by atoms with Gasteiger partial charge >= 0.3 is 0 Å². The number of carbonyl (C=O) groups excluding carboxylic acids is 1. The molecule has 1 fully saturated rings. The predicted molar refractivity (Wildman–Crippen MR) is 107 cm³/mol. The summed E-state index contributed by atoms with van der Waals surface area (Å²) >= 11 is 0. The van der Waals surface area contributed by atoms with Crippen molar-refractivity contribution in [3.63, 3.8) is 0 Å². The molecule has 8 heteroatoms. The smallest absolute Gasteiger partial charge is 0.272 e. The summed E-state index contributed by atoms with van der Waals surface area (Å²) in [7, 11) is 0. The summed E-state index contributed by atoms with van der Waals surface area (Å²) in [5, 5.41) is 7.33. The van der Waals surface area contributed by atoms with Gasteiger partial charge in [-0.15, -0.1) is 0 Å².